The fourth-order valence-corrected chi connectivity index (χ4v) is 4.78. The van der Waals surface area contributed by atoms with E-state index in [4.69, 9.17) is 10.3 Å². The molecule has 0 unspecified atom stereocenters. The van der Waals surface area contributed by atoms with Crippen LogP contribution in [-0.4, -0.2) is 31.0 Å². The van der Waals surface area contributed by atoms with Crippen molar-refractivity contribution in [3.8, 4) is 0 Å². The first kappa shape index (κ1) is 16.0. The van der Waals surface area contributed by atoms with Gasteiger partial charge in [0.15, 0.2) is 16.5 Å². The Kier molecular flexibility index (Phi) is 4.41. The summed E-state index contributed by atoms with van der Waals surface area (Å²) in [6.07, 6.45) is 2.68. The minimum absolute atomic E-state index is 0.0130. The number of aryl methyl sites for hydroxylation is 1. The summed E-state index contributed by atoms with van der Waals surface area (Å²) in [6.45, 7) is 2.58. The molecule has 1 aliphatic heterocycles. The molecule has 1 saturated heterocycles. The van der Waals surface area contributed by atoms with Crippen LogP contribution in [-0.2, 0) is 16.4 Å². The maximum atomic E-state index is 12.7. The zero-order valence-corrected chi connectivity index (χ0v) is 13.9. The number of piperidine rings is 1. The third kappa shape index (κ3) is 3.25. The molecule has 0 atom stereocenters. The van der Waals surface area contributed by atoms with Crippen LogP contribution in [0, 0.1) is 12.8 Å². The van der Waals surface area contributed by atoms with E-state index in [1.807, 2.05) is 18.2 Å². The summed E-state index contributed by atoms with van der Waals surface area (Å²) in [5.74, 6) is 0.688. The average Bonchev–Trinajstić information content (AvgIpc) is 2.88. The van der Waals surface area contributed by atoms with Gasteiger partial charge in [0.2, 0.25) is 10.0 Å². The number of nitrogens with zero attached hydrogens (tertiary/aromatic N) is 2. The van der Waals surface area contributed by atoms with Crippen molar-refractivity contribution in [3.05, 3.63) is 41.7 Å². The number of rotatable bonds is 4. The van der Waals surface area contributed by atoms with E-state index in [-0.39, 0.29) is 16.5 Å². The lowest BCUT2D eigenvalue weighted by molar-refractivity contribution is 0.272. The number of anilines is 1. The number of nitrogens with two attached hydrogens (primary N) is 1. The predicted octanol–water partition coefficient (Wildman–Crippen LogP) is 2.21. The number of benzene rings is 1. The van der Waals surface area contributed by atoms with Crippen molar-refractivity contribution in [1.82, 2.24) is 9.46 Å². The Morgan fingerprint density at radius 3 is 2.48 bits per heavy atom. The van der Waals surface area contributed by atoms with E-state index in [0.717, 1.165) is 19.3 Å². The van der Waals surface area contributed by atoms with Crippen LogP contribution in [0.25, 0.3) is 0 Å². The molecule has 3 rings (SSSR count). The summed E-state index contributed by atoms with van der Waals surface area (Å²) in [7, 11) is -3.62. The summed E-state index contributed by atoms with van der Waals surface area (Å²) < 4.78 is 31.8. The summed E-state index contributed by atoms with van der Waals surface area (Å²) >= 11 is 0. The highest BCUT2D eigenvalue weighted by Gasteiger charge is 2.34. The second-order valence-electron chi connectivity index (χ2n) is 5.99. The van der Waals surface area contributed by atoms with Crippen molar-refractivity contribution in [2.75, 3.05) is 18.8 Å². The van der Waals surface area contributed by atoms with Crippen LogP contribution in [0.15, 0.2) is 39.8 Å². The average molecular weight is 335 g/mol. The van der Waals surface area contributed by atoms with E-state index in [9.17, 15) is 8.42 Å². The van der Waals surface area contributed by atoms with Crippen LogP contribution in [0.3, 0.4) is 0 Å². The van der Waals surface area contributed by atoms with Gasteiger partial charge in [0.05, 0.1) is 0 Å². The lowest BCUT2D eigenvalue weighted by Crippen LogP contribution is -2.39. The van der Waals surface area contributed by atoms with Crippen LogP contribution < -0.4 is 5.73 Å². The van der Waals surface area contributed by atoms with Gasteiger partial charge in [-0.05, 0) is 37.7 Å². The molecular formula is C16H21N3O3S. The van der Waals surface area contributed by atoms with Gasteiger partial charge in [0.25, 0.3) is 0 Å². The van der Waals surface area contributed by atoms with E-state index in [1.54, 1.807) is 6.92 Å². The number of hydrogen-bond acceptors (Lipinski definition) is 5. The normalized spacial score (nSPS) is 17.4. The zero-order valence-electron chi connectivity index (χ0n) is 13.1. The van der Waals surface area contributed by atoms with Crippen molar-refractivity contribution in [2.45, 2.75) is 31.1 Å². The molecule has 0 amide bonds. The van der Waals surface area contributed by atoms with Crippen molar-refractivity contribution in [3.63, 3.8) is 0 Å². The molecule has 6 nitrogen and oxygen atoms in total. The molecule has 2 heterocycles. The molecule has 124 valence electrons. The fraction of sp³-hybridized carbons (Fsp3) is 0.438. The van der Waals surface area contributed by atoms with Gasteiger partial charge in [-0.3, -0.25) is 0 Å². The maximum absolute atomic E-state index is 12.7. The highest BCUT2D eigenvalue weighted by Crippen LogP contribution is 2.30. The fourth-order valence-electron chi connectivity index (χ4n) is 3.12. The number of aromatic nitrogens is 1. The van der Waals surface area contributed by atoms with Crippen LogP contribution in [0.2, 0.25) is 0 Å². The molecule has 23 heavy (non-hydrogen) atoms. The van der Waals surface area contributed by atoms with E-state index in [0.29, 0.717) is 19.0 Å². The van der Waals surface area contributed by atoms with Crippen molar-refractivity contribution < 1.29 is 12.9 Å². The SMILES string of the molecule is Cc1onc(N)c1S(=O)(=O)N1CCC(Cc2ccccc2)CC1. The van der Waals surface area contributed by atoms with Gasteiger partial charge >= 0.3 is 0 Å². The second kappa shape index (κ2) is 6.33. The zero-order chi connectivity index (χ0) is 16.4. The number of hydrogen-bond donors (Lipinski definition) is 1. The largest absolute Gasteiger partial charge is 0.380 e. The van der Waals surface area contributed by atoms with E-state index >= 15 is 0 Å². The summed E-state index contributed by atoms with van der Waals surface area (Å²) in [5.41, 5.74) is 6.95. The maximum Gasteiger partial charge on any atom is 0.250 e. The van der Waals surface area contributed by atoms with Crippen LogP contribution >= 0.6 is 0 Å². The van der Waals surface area contributed by atoms with E-state index in [2.05, 4.69) is 17.3 Å². The van der Waals surface area contributed by atoms with Gasteiger partial charge in [0, 0.05) is 13.1 Å². The third-order valence-electron chi connectivity index (χ3n) is 4.37. The lowest BCUT2D eigenvalue weighted by Gasteiger charge is -2.31. The third-order valence-corrected chi connectivity index (χ3v) is 6.43. The lowest BCUT2D eigenvalue weighted by atomic mass is 9.91. The monoisotopic (exact) mass is 335 g/mol. The smallest absolute Gasteiger partial charge is 0.250 e. The predicted molar refractivity (Wildman–Crippen MR) is 87.3 cm³/mol. The van der Waals surface area contributed by atoms with Crippen LogP contribution in [0.1, 0.15) is 24.2 Å². The molecule has 7 heteroatoms. The van der Waals surface area contributed by atoms with E-state index < -0.39 is 10.0 Å². The van der Waals surface area contributed by atoms with Crippen molar-refractivity contribution >= 4 is 15.8 Å². The van der Waals surface area contributed by atoms with E-state index in [1.165, 1.54) is 9.87 Å². The topological polar surface area (TPSA) is 89.4 Å². The molecule has 1 fully saturated rings. The highest BCUT2D eigenvalue weighted by molar-refractivity contribution is 7.89. The second-order valence-corrected chi connectivity index (χ2v) is 7.87. The van der Waals surface area contributed by atoms with Crippen LogP contribution in [0.5, 0.6) is 0 Å². The van der Waals surface area contributed by atoms with Crippen LogP contribution in [0.4, 0.5) is 5.82 Å². The standard InChI is InChI=1S/C16H21N3O3S/c1-12-15(16(17)18-22-12)23(20,21)19-9-7-14(8-10-19)11-13-5-3-2-4-6-13/h2-6,14H,7-11H2,1H3,(H2,17,18). The van der Waals surface area contributed by atoms with Crippen molar-refractivity contribution in [1.29, 1.82) is 0 Å². The Morgan fingerprint density at radius 2 is 1.91 bits per heavy atom. The molecule has 1 aromatic heterocycles. The first-order valence-corrected chi connectivity index (χ1v) is 9.18. The molecule has 0 bridgehead atoms. The highest BCUT2D eigenvalue weighted by atomic mass is 32.2. The molecule has 2 aromatic rings. The van der Waals surface area contributed by atoms with Gasteiger partial charge in [-0.1, -0.05) is 35.5 Å². The Balaban J connectivity index is 1.67. The van der Waals surface area contributed by atoms with Gasteiger partial charge in [0.1, 0.15) is 0 Å². The van der Waals surface area contributed by atoms with Gasteiger partial charge in [-0.2, -0.15) is 4.31 Å². The van der Waals surface area contributed by atoms with Gasteiger partial charge in [-0.15, -0.1) is 0 Å². The number of sulfonamides is 1. The quantitative estimate of drug-likeness (QED) is 0.925. The Morgan fingerprint density at radius 1 is 1.26 bits per heavy atom. The molecule has 0 radical (unpaired) electrons. The number of nitrogen functional groups attached to an aromatic ring is 1. The first-order valence-electron chi connectivity index (χ1n) is 7.74. The van der Waals surface area contributed by atoms with Gasteiger partial charge in [-0.25, -0.2) is 8.42 Å². The molecular weight excluding hydrogens is 314 g/mol. The Hall–Kier alpha value is -1.86. The van der Waals surface area contributed by atoms with Crippen molar-refractivity contribution in [2.24, 2.45) is 5.92 Å². The molecule has 0 spiro atoms. The Bertz CT molecular complexity index is 744. The molecule has 2 N–H and O–H groups in total. The summed E-state index contributed by atoms with van der Waals surface area (Å²) in [6, 6.07) is 10.3. The minimum atomic E-state index is -3.62. The molecule has 0 saturated carbocycles. The molecule has 0 aliphatic carbocycles. The van der Waals surface area contributed by atoms with Gasteiger partial charge < -0.3 is 10.3 Å². The Labute approximate surface area is 136 Å². The minimum Gasteiger partial charge on any atom is -0.380 e. The first-order chi connectivity index (χ1) is 11.0. The molecule has 1 aromatic carbocycles. The summed E-state index contributed by atoms with van der Waals surface area (Å²) in [5, 5.41) is 3.55. The summed E-state index contributed by atoms with van der Waals surface area (Å²) in [4.78, 5) is 0.0130. The molecule has 1 aliphatic rings.